The quantitative estimate of drug-likeness (QED) is 0.676. The number of halogens is 1. The maximum Gasteiger partial charge on any atom is 0.171 e. The van der Waals surface area contributed by atoms with Gasteiger partial charge < -0.3 is 10.6 Å². The molecule has 1 heterocycles. The van der Waals surface area contributed by atoms with Crippen LogP contribution in [-0.4, -0.2) is 14.9 Å². The van der Waals surface area contributed by atoms with E-state index < -0.39 is 0 Å². The molecule has 0 saturated heterocycles. The van der Waals surface area contributed by atoms with Gasteiger partial charge in [-0.1, -0.05) is 35.9 Å². The molecule has 0 amide bonds. The first-order valence-electron chi connectivity index (χ1n) is 7.55. The third-order valence-corrected chi connectivity index (χ3v) is 3.98. The van der Waals surface area contributed by atoms with Gasteiger partial charge in [-0.2, -0.15) is 5.10 Å². The highest BCUT2D eigenvalue weighted by Crippen LogP contribution is 2.11. The SMILES string of the molecule is S=C(NCc1ccc(Cl)cc1)Nc1ccc(Cn2cccn2)cc1. The van der Waals surface area contributed by atoms with E-state index in [1.54, 1.807) is 6.20 Å². The van der Waals surface area contributed by atoms with Gasteiger partial charge in [0.25, 0.3) is 0 Å². The van der Waals surface area contributed by atoms with Crippen LogP contribution in [0, 0.1) is 0 Å². The highest BCUT2D eigenvalue weighted by atomic mass is 35.5. The molecule has 0 unspecified atom stereocenters. The van der Waals surface area contributed by atoms with Gasteiger partial charge in [-0.05, 0) is 53.7 Å². The Balaban J connectivity index is 1.49. The molecule has 0 radical (unpaired) electrons. The first kappa shape index (κ1) is 16.5. The van der Waals surface area contributed by atoms with Gasteiger partial charge in [-0.3, -0.25) is 4.68 Å². The average molecular weight is 357 g/mol. The molecule has 24 heavy (non-hydrogen) atoms. The van der Waals surface area contributed by atoms with E-state index in [0.717, 1.165) is 22.8 Å². The van der Waals surface area contributed by atoms with E-state index in [-0.39, 0.29) is 0 Å². The topological polar surface area (TPSA) is 41.9 Å². The molecule has 2 N–H and O–H groups in total. The van der Waals surface area contributed by atoms with Crippen LogP contribution in [0.15, 0.2) is 67.0 Å². The molecule has 0 aliphatic heterocycles. The van der Waals surface area contributed by atoms with Crippen molar-refractivity contribution in [2.24, 2.45) is 0 Å². The second kappa shape index (κ2) is 7.95. The normalized spacial score (nSPS) is 10.4. The van der Waals surface area contributed by atoms with Crippen molar-refractivity contribution in [2.45, 2.75) is 13.1 Å². The zero-order chi connectivity index (χ0) is 16.8. The number of hydrogen-bond donors (Lipinski definition) is 2. The van der Waals surface area contributed by atoms with E-state index in [0.29, 0.717) is 11.7 Å². The van der Waals surface area contributed by atoms with Crippen LogP contribution in [0.2, 0.25) is 5.02 Å². The Morgan fingerprint density at radius 3 is 2.42 bits per heavy atom. The van der Waals surface area contributed by atoms with Gasteiger partial charge in [0.2, 0.25) is 0 Å². The summed E-state index contributed by atoms with van der Waals surface area (Å²) in [6.45, 7) is 1.41. The van der Waals surface area contributed by atoms with Gasteiger partial charge in [0.1, 0.15) is 0 Å². The van der Waals surface area contributed by atoms with Crippen LogP contribution in [0.3, 0.4) is 0 Å². The van der Waals surface area contributed by atoms with Gasteiger partial charge in [0, 0.05) is 29.6 Å². The zero-order valence-electron chi connectivity index (χ0n) is 12.9. The molecule has 3 aromatic rings. The smallest absolute Gasteiger partial charge is 0.171 e. The lowest BCUT2D eigenvalue weighted by Crippen LogP contribution is -2.27. The van der Waals surface area contributed by atoms with Gasteiger partial charge in [0.15, 0.2) is 5.11 Å². The van der Waals surface area contributed by atoms with Crippen molar-refractivity contribution in [3.05, 3.63) is 83.1 Å². The van der Waals surface area contributed by atoms with Crippen LogP contribution in [0.5, 0.6) is 0 Å². The highest BCUT2D eigenvalue weighted by molar-refractivity contribution is 7.80. The molecule has 3 rings (SSSR count). The third-order valence-electron chi connectivity index (χ3n) is 3.48. The molecule has 0 fully saturated rings. The van der Waals surface area contributed by atoms with E-state index in [2.05, 4.69) is 27.9 Å². The second-order valence-electron chi connectivity index (χ2n) is 5.33. The average Bonchev–Trinajstić information content (AvgIpc) is 3.09. The molecule has 6 heteroatoms. The number of nitrogens with zero attached hydrogens (tertiary/aromatic N) is 2. The molecule has 0 spiro atoms. The fourth-order valence-electron chi connectivity index (χ4n) is 2.23. The van der Waals surface area contributed by atoms with Crippen LogP contribution in [0.25, 0.3) is 0 Å². The van der Waals surface area contributed by atoms with Crippen molar-refractivity contribution in [3.63, 3.8) is 0 Å². The fraction of sp³-hybridized carbons (Fsp3) is 0.111. The minimum Gasteiger partial charge on any atom is -0.358 e. The van der Waals surface area contributed by atoms with Gasteiger partial charge in [-0.15, -0.1) is 0 Å². The molecule has 2 aromatic carbocycles. The Morgan fingerprint density at radius 1 is 1.04 bits per heavy atom. The van der Waals surface area contributed by atoms with E-state index in [4.69, 9.17) is 23.8 Å². The fourth-order valence-corrected chi connectivity index (χ4v) is 2.55. The van der Waals surface area contributed by atoms with Crippen LogP contribution >= 0.6 is 23.8 Å². The molecule has 122 valence electrons. The number of aromatic nitrogens is 2. The van der Waals surface area contributed by atoms with E-state index in [1.165, 1.54) is 5.56 Å². The summed E-state index contributed by atoms with van der Waals surface area (Å²) in [7, 11) is 0. The Bertz CT molecular complexity index is 783. The van der Waals surface area contributed by atoms with Crippen molar-refractivity contribution < 1.29 is 0 Å². The van der Waals surface area contributed by atoms with E-state index >= 15 is 0 Å². The summed E-state index contributed by atoms with van der Waals surface area (Å²) in [6, 6.07) is 17.7. The molecule has 0 bridgehead atoms. The zero-order valence-corrected chi connectivity index (χ0v) is 14.5. The number of nitrogens with one attached hydrogen (secondary N) is 2. The highest BCUT2D eigenvalue weighted by Gasteiger charge is 2.00. The minimum absolute atomic E-state index is 0.588. The molecule has 0 saturated carbocycles. The lowest BCUT2D eigenvalue weighted by atomic mass is 10.2. The predicted octanol–water partition coefficient (Wildman–Crippen LogP) is 4.07. The summed E-state index contributed by atoms with van der Waals surface area (Å²) >= 11 is 11.2. The van der Waals surface area contributed by atoms with Crippen molar-refractivity contribution >= 4 is 34.6 Å². The first-order chi connectivity index (χ1) is 11.7. The molecule has 0 atom stereocenters. The summed E-state index contributed by atoms with van der Waals surface area (Å²) in [4.78, 5) is 0. The maximum absolute atomic E-state index is 5.88. The van der Waals surface area contributed by atoms with Crippen molar-refractivity contribution in [3.8, 4) is 0 Å². The number of thiocarbonyl (C=S) groups is 1. The Morgan fingerprint density at radius 2 is 1.75 bits per heavy atom. The van der Waals surface area contributed by atoms with Crippen LogP contribution < -0.4 is 10.6 Å². The summed E-state index contributed by atoms with van der Waals surface area (Å²) < 4.78 is 1.89. The first-order valence-corrected chi connectivity index (χ1v) is 8.33. The standard InChI is InChI=1S/C18H17ClN4S/c19-16-6-2-14(3-7-16)12-20-18(24)22-17-8-4-15(5-9-17)13-23-11-1-10-21-23/h1-11H,12-13H2,(H2,20,22,24). The molecule has 4 nitrogen and oxygen atoms in total. The number of hydrogen-bond acceptors (Lipinski definition) is 2. The summed E-state index contributed by atoms with van der Waals surface area (Å²) in [5.41, 5.74) is 3.26. The van der Waals surface area contributed by atoms with Crippen molar-refractivity contribution in [1.29, 1.82) is 0 Å². The number of anilines is 1. The largest absolute Gasteiger partial charge is 0.358 e. The van der Waals surface area contributed by atoms with Crippen LogP contribution in [0.1, 0.15) is 11.1 Å². The maximum atomic E-state index is 5.88. The molecular weight excluding hydrogens is 340 g/mol. The Hall–Kier alpha value is -2.37. The van der Waals surface area contributed by atoms with Gasteiger partial charge in [0.05, 0.1) is 6.54 Å². The summed E-state index contributed by atoms with van der Waals surface area (Å²) in [6.07, 6.45) is 3.72. The summed E-state index contributed by atoms with van der Waals surface area (Å²) in [5, 5.41) is 11.9. The third kappa shape index (κ3) is 4.81. The van der Waals surface area contributed by atoms with Crippen LogP contribution in [0.4, 0.5) is 5.69 Å². The lowest BCUT2D eigenvalue weighted by molar-refractivity contribution is 0.687. The van der Waals surface area contributed by atoms with E-state index in [9.17, 15) is 0 Å². The van der Waals surface area contributed by atoms with Crippen molar-refractivity contribution in [2.75, 3.05) is 5.32 Å². The monoisotopic (exact) mass is 356 g/mol. The van der Waals surface area contributed by atoms with Gasteiger partial charge >= 0.3 is 0 Å². The number of benzene rings is 2. The summed E-state index contributed by atoms with van der Waals surface area (Å²) in [5.74, 6) is 0. The predicted molar refractivity (Wildman–Crippen MR) is 102 cm³/mol. The Kier molecular flexibility index (Phi) is 5.46. The lowest BCUT2D eigenvalue weighted by Gasteiger charge is -2.11. The van der Waals surface area contributed by atoms with E-state index in [1.807, 2.05) is 53.3 Å². The molecule has 1 aromatic heterocycles. The molecule has 0 aliphatic carbocycles. The van der Waals surface area contributed by atoms with Crippen LogP contribution in [-0.2, 0) is 13.1 Å². The minimum atomic E-state index is 0.588. The Labute approximate surface area is 151 Å². The van der Waals surface area contributed by atoms with Gasteiger partial charge in [-0.25, -0.2) is 0 Å². The number of rotatable bonds is 5. The molecular formula is C18H17ClN4S. The van der Waals surface area contributed by atoms with Crippen molar-refractivity contribution in [1.82, 2.24) is 15.1 Å². The molecule has 0 aliphatic rings. The second-order valence-corrected chi connectivity index (χ2v) is 6.18.